The molecule has 3 rings (SSSR count). The van der Waals surface area contributed by atoms with Crippen molar-refractivity contribution in [1.29, 1.82) is 0 Å². The van der Waals surface area contributed by atoms with E-state index in [9.17, 15) is 15.0 Å². The fourth-order valence-electron chi connectivity index (χ4n) is 2.82. The molecular formula is C20H21N3O3. The lowest BCUT2D eigenvalue weighted by Gasteiger charge is -2.15. The van der Waals surface area contributed by atoms with Crippen molar-refractivity contribution in [1.82, 2.24) is 14.8 Å². The molecule has 134 valence electrons. The lowest BCUT2D eigenvalue weighted by Crippen LogP contribution is -2.24. The number of aliphatic hydroxyl groups excluding tert-OH is 2. The molecule has 2 aromatic heterocycles. The Bertz CT molecular complexity index is 966. The second-order valence-electron chi connectivity index (χ2n) is 6.27. The van der Waals surface area contributed by atoms with Gasteiger partial charge in [-0.25, -0.2) is 9.67 Å². The highest BCUT2D eigenvalue weighted by Crippen LogP contribution is 2.31. The van der Waals surface area contributed by atoms with Crippen LogP contribution < -0.4 is 5.56 Å². The summed E-state index contributed by atoms with van der Waals surface area (Å²) in [5.41, 5.74) is 3.58. The van der Waals surface area contributed by atoms with E-state index in [1.165, 1.54) is 10.7 Å². The molecule has 0 radical (unpaired) electrons. The molecule has 0 saturated carbocycles. The van der Waals surface area contributed by atoms with E-state index < -0.39 is 0 Å². The van der Waals surface area contributed by atoms with E-state index in [1.807, 2.05) is 44.2 Å². The Labute approximate surface area is 151 Å². The van der Waals surface area contributed by atoms with Gasteiger partial charge in [0.05, 0.1) is 36.3 Å². The quantitative estimate of drug-likeness (QED) is 0.737. The molecule has 2 heterocycles. The molecule has 2 N–H and O–H groups in total. The van der Waals surface area contributed by atoms with Crippen LogP contribution in [-0.2, 0) is 13.2 Å². The number of rotatable bonds is 5. The Morgan fingerprint density at radius 1 is 1.04 bits per heavy atom. The van der Waals surface area contributed by atoms with Gasteiger partial charge in [0.1, 0.15) is 0 Å². The first kappa shape index (κ1) is 18.0. The average Bonchev–Trinajstić information content (AvgIpc) is 2.67. The summed E-state index contributed by atoms with van der Waals surface area (Å²) in [4.78, 5) is 16.6. The van der Waals surface area contributed by atoms with Crippen LogP contribution in [-0.4, -0.2) is 25.0 Å². The maximum Gasteiger partial charge on any atom is 0.267 e. The van der Waals surface area contributed by atoms with Gasteiger partial charge in [0.15, 0.2) is 0 Å². The third-order valence-electron chi connectivity index (χ3n) is 4.15. The third-order valence-corrected chi connectivity index (χ3v) is 4.15. The van der Waals surface area contributed by atoms with E-state index in [1.54, 1.807) is 12.1 Å². The summed E-state index contributed by atoms with van der Waals surface area (Å²) in [6, 6.07) is 14.4. The predicted octanol–water partition coefficient (Wildman–Crippen LogP) is 2.54. The normalized spacial score (nSPS) is 11.1. The van der Waals surface area contributed by atoms with Crippen LogP contribution in [0.5, 0.6) is 0 Å². The molecule has 0 aliphatic rings. The molecule has 0 spiro atoms. The van der Waals surface area contributed by atoms with Gasteiger partial charge in [0, 0.05) is 22.8 Å². The van der Waals surface area contributed by atoms with Crippen LogP contribution in [0, 0.1) is 0 Å². The number of pyridine rings is 1. The molecule has 0 fully saturated rings. The van der Waals surface area contributed by atoms with Crippen LogP contribution in [0.1, 0.15) is 31.1 Å². The minimum atomic E-state index is -0.269. The molecule has 1 aromatic carbocycles. The second kappa shape index (κ2) is 7.59. The standard InChI is InChI=1S/C20H21N3O3/c1-13(2)23-19(26)9-8-17(22-23)16-10-15(11-24)18(12-25)21-20(16)14-6-4-3-5-7-14/h3-10,13,24-25H,11-12H2,1-2H3. The fraction of sp³-hybridized carbons (Fsp3) is 0.250. The monoisotopic (exact) mass is 351 g/mol. The SMILES string of the molecule is CC(C)n1nc(-c2cc(CO)c(CO)nc2-c2ccccc2)ccc1=O. The topological polar surface area (TPSA) is 88.2 Å². The largest absolute Gasteiger partial charge is 0.392 e. The lowest BCUT2D eigenvalue weighted by molar-refractivity contribution is 0.256. The van der Waals surface area contributed by atoms with Crippen molar-refractivity contribution >= 4 is 0 Å². The number of hydrogen-bond donors (Lipinski definition) is 2. The van der Waals surface area contributed by atoms with Crippen molar-refractivity contribution in [3.05, 3.63) is 70.1 Å². The van der Waals surface area contributed by atoms with Crippen molar-refractivity contribution in [3.8, 4) is 22.5 Å². The summed E-state index contributed by atoms with van der Waals surface area (Å²) in [6.45, 7) is 3.27. The van der Waals surface area contributed by atoms with Gasteiger partial charge in [-0.05, 0) is 26.0 Å². The van der Waals surface area contributed by atoms with Gasteiger partial charge < -0.3 is 10.2 Å². The highest BCUT2D eigenvalue weighted by molar-refractivity contribution is 5.79. The second-order valence-corrected chi connectivity index (χ2v) is 6.27. The van der Waals surface area contributed by atoms with E-state index in [2.05, 4.69) is 10.1 Å². The Morgan fingerprint density at radius 3 is 2.38 bits per heavy atom. The number of aliphatic hydroxyl groups is 2. The molecule has 0 bridgehead atoms. The lowest BCUT2D eigenvalue weighted by atomic mass is 10.00. The average molecular weight is 351 g/mol. The van der Waals surface area contributed by atoms with E-state index in [-0.39, 0.29) is 24.8 Å². The molecular weight excluding hydrogens is 330 g/mol. The van der Waals surface area contributed by atoms with Gasteiger partial charge in [-0.3, -0.25) is 4.79 Å². The Hall–Kier alpha value is -2.83. The van der Waals surface area contributed by atoms with E-state index in [4.69, 9.17) is 0 Å². The molecule has 0 atom stereocenters. The van der Waals surface area contributed by atoms with Crippen molar-refractivity contribution in [2.45, 2.75) is 33.1 Å². The Morgan fingerprint density at radius 2 is 1.77 bits per heavy atom. The maximum absolute atomic E-state index is 12.0. The van der Waals surface area contributed by atoms with Crippen LogP contribution in [0.4, 0.5) is 0 Å². The highest BCUT2D eigenvalue weighted by atomic mass is 16.3. The molecule has 6 nitrogen and oxygen atoms in total. The van der Waals surface area contributed by atoms with Gasteiger partial charge in [-0.15, -0.1) is 0 Å². The summed E-state index contributed by atoms with van der Waals surface area (Å²) in [5, 5.41) is 23.7. The van der Waals surface area contributed by atoms with Gasteiger partial charge in [-0.2, -0.15) is 5.10 Å². The molecule has 0 aliphatic carbocycles. The molecule has 0 unspecified atom stereocenters. The summed E-state index contributed by atoms with van der Waals surface area (Å²) < 4.78 is 1.42. The van der Waals surface area contributed by atoms with Crippen molar-refractivity contribution in [2.75, 3.05) is 0 Å². The van der Waals surface area contributed by atoms with Crippen LogP contribution in [0.25, 0.3) is 22.5 Å². The zero-order valence-electron chi connectivity index (χ0n) is 14.8. The number of benzene rings is 1. The van der Waals surface area contributed by atoms with Crippen molar-refractivity contribution in [2.24, 2.45) is 0 Å². The van der Waals surface area contributed by atoms with E-state index in [0.29, 0.717) is 28.2 Å². The summed E-state index contributed by atoms with van der Waals surface area (Å²) >= 11 is 0. The molecule has 26 heavy (non-hydrogen) atoms. The summed E-state index contributed by atoms with van der Waals surface area (Å²) in [5.74, 6) is 0. The predicted molar refractivity (Wildman–Crippen MR) is 99.4 cm³/mol. The molecule has 3 aromatic rings. The van der Waals surface area contributed by atoms with Crippen molar-refractivity contribution in [3.63, 3.8) is 0 Å². The smallest absolute Gasteiger partial charge is 0.267 e. The zero-order chi connectivity index (χ0) is 18.7. The minimum Gasteiger partial charge on any atom is -0.392 e. The van der Waals surface area contributed by atoms with Gasteiger partial charge in [0.25, 0.3) is 5.56 Å². The first-order valence-electron chi connectivity index (χ1n) is 8.45. The van der Waals surface area contributed by atoms with Crippen LogP contribution in [0.3, 0.4) is 0 Å². The Kier molecular flexibility index (Phi) is 5.25. The first-order valence-corrected chi connectivity index (χ1v) is 8.45. The van der Waals surface area contributed by atoms with Crippen molar-refractivity contribution < 1.29 is 10.2 Å². The molecule has 0 amide bonds. The zero-order valence-corrected chi connectivity index (χ0v) is 14.8. The summed E-state index contributed by atoms with van der Waals surface area (Å²) in [6.07, 6.45) is 0. The number of aromatic nitrogens is 3. The summed E-state index contributed by atoms with van der Waals surface area (Å²) in [7, 11) is 0. The van der Waals surface area contributed by atoms with Crippen LogP contribution in [0.2, 0.25) is 0 Å². The highest BCUT2D eigenvalue weighted by Gasteiger charge is 2.16. The molecule has 6 heteroatoms. The molecule has 0 saturated heterocycles. The number of hydrogen-bond acceptors (Lipinski definition) is 5. The minimum absolute atomic E-state index is 0.0791. The van der Waals surface area contributed by atoms with Gasteiger partial charge in [-0.1, -0.05) is 30.3 Å². The van der Waals surface area contributed by atoms with Gasteiger partial charge in [0.2, 0.25) is 0 Å². The Balaban J connectivity index is 2.29. The van der Waals surface area contributed by atoms with Crippen LogP contribution >= 0.6 is 0 Å². The number of nitrogens with zero attached hydrogens (tertiary/aromatic N) is 3. The van der Waals surface area contributed by atoms with Crippen LogP contribution in [0.15, 0.2) is 53.3 Å². The fourth-order valence-corrected chi connectivity index (χ4v) is 2.82. The first-order chi connectivity index (χ1) is 12.5. The molecule has 0 aliphatic heterocycles. The van der Waals surface area contributed by atoms with E-state index in [0.717, 1.165) is 5.56 Å². The third kappa shape index (κ3) is 3.42. The maximum atomic E-state index is 12.0. The van der Waals surface area contributed by atoms with E-state index >= 15 is 0 Å². The van der Waals surface area contributed by atoms with Gasteiger partial charge >= 0.3 is 0 Å².